The fourth-order valence-corrected chi connectivity index (χ4v) is 5.87. The summed E-state index contributed by atoms with van der Waals surface area (Å²) in [5.41, 5.74) is 2.55. The van der Waals surface area contributed by atoms with Crippen molar-refractivity contribution >= 4 is 33.4 Å². The van der Waals surface area contributed by atoms with Crippen LogP contribution >= 0.6 is 11.6 Å². The van der Waals surface area contributed by atoms with Gasteiger partial charge in [-0.3, -0.25) is 4.79 Å². The molecule has 154 valence electrons. The third-order valence-electron chi connectivity index (χ3n) is 5.47. The minimum Gasteiger partial charge on any atom is -0.332 e. The second-order valence-electron chi connectivity index (χ2n) is 7.80. The van der Waals surface area contributed by atoms with Gasteiger partial charge in [0.05, 0.1) is 23.7 Å². The van der Waals surface area contributed by atoms with E-state index in [2.05, 4.69) is 5.10 Å². The zero-order chi connectivity index (χ0) is 20.6. The summed E-state index contributed by atoms with van der Waals surface area (Å²) in [6.45, 7) is 2.41. The highest BCUT2D eigenvalue weighted by Crippen LogP contribution is 2.33. The summed E-state index contributed by atoms with van der Waals surface area (Å²) in [6, 6.07) is 9.85. The van der Waals surface area contributed by atoms with E-state index in [9.17, 15) is 13.2 Å². The van der Waals surface area contributed by atoms with Gasteiger partial charge in [0.1, 0.15) is 5.15 Å². The molecule has 0 spiro atoms. The van der Waals surface area contributed by atoms with Crippen LogP contribution in [-0.4, -0.2) is 52.6 Å². The summed E-state index contributed by atoms with van der Waals surface area (Å²) in [5.74, 6) is 0.0771. The molecule has 29 heavy (non-hydrogen) atoms. The van der Waals surface area contributed by atoms with E-state index in [1.165, 1.54) is 6.08 Å². The summed E-state index contributed by atoms with van der Waals surface area (Å²) in [7, 11) is -3.04. The SMILES string of the molecule is Cc1nn(Cc2ccccc2)c(Cl)c1C=CC(=O)N(C1CC1)C1CCS(=O)(=O)C1. The topological polar surface area (TPSA) is 72.3 Å². The molecule has 2 fully saturated rings. The quantitative estimate of drug-likeness (QED) is 0.656. The molecule has 0 bridgehead atoms. The number of carbonyl (C=O) groups excluding carboxylic acids is 1. The van der Waals surface area contributed by atoms with E-state index >= 15 is 0 Å². The van der Waals surface area contributed by atoms with Crippen molar-refractivity contribution < 1.29 is 13.2 Å². The summed E-state index contributed by atoms with van der Waals surface area (Å²) >= 11 is 6.53. The number of sulfone groups is 1. The lowest BCUT2D eigenvalue weighted by Gasteiger charge is -2.27. The van der Waals surface area contributed by atoms with Gasteiger partial charge in [0.25, 0.3) is 0 Å². The molecule has 6 nitrogen and oxygen atoms in total. The van der Waals surface area contributed by atoms with Crippen LogP contribution in [0.1, 0.15) is 36.1 Å². The Morgan fingerprint density at radius 3 is 2.59 bits per heavy atom. The second-order valence-corrected chi connectivity index (χ2v) is 10.4. The first-order valence-electron chi connectivity index (χ1n) is 9.82. The van der Waals surface area contributed by atoms with Crippen LogP contribution in [0.3, 0.4) is 0 Å². The van der Waals surface area contributed by atoms with Crippen molar-refractivity contribution in [2.75, 3.05) is 11.5 Å². The highest BCUT2D eigenvalue weighted by molar-refractivity contribution is 7.91. The molecular weight excluding hydrogens is 410 g/mol. The monoisotopic (exact) mass is 433 g/mol. The molecule has 8 heteroatoms. The van der Waals surface area contributed by atoms with Crippen LogP contribution in [0, 0.1) is 6.92 Å². The number of hydrogen-bond acceptors (Lipinski definition) is 4. The lowest BCUT2D eigenvalue weighted by atomic mass is 10.2. The van der Waals surface area contributed by atoms with E-state index in [4.69, 9.17) is 11.6 Å². The van der Waals surface area contributed by atoms with E-state index in [1.807, 2.05) is 37.3 Å². The Morgan fingerprint density at radius 1 is 1.24 bits per heavy atom. The van der Waals surface area contributed by atoms with Crippen LogP contribution in [0.25, 0.3) is 6.08 Å². The van der Waals surface area contributed by atoms with E-state index < -0.39 is 9.84 Å². The molecule has 1 aliphatic heterocycles. The van der Waals surface area contributed by atoms with Crippen molar-refractivity contribution in [1.29, 1.82) is 0 Å². The number of nitrogens with zero attached hydrogens (tertiary/aromatic N) is 3. The maximum Gasteiger partial charge on any atom is 0.247 e. The van der Waals surface area contributed by atoms with E-state index in [0.717, 1.165) is 24.1 Å². The second kappa shape index (κ2) is 7.95. The molecule has 4 rings (SSSR count). The highest BCUT2D eigenvalue weighted by Gasteiger charge is 2.41. The van der Waals surface area contributed by atoms with Gasteiger partial charge in [-0.2, -0.15) is 5.10 Å². The van der Waals surface area contributed by atoms with Crippen molar-refractivity contribution in [3.63, 3.8) is 0 Å². The molecule has 2 heterocycles. The molecule has 1 saturated heterocycles. The van der Waals surface area contributed by atoms with Crippen LogP contribution in [-0.2, 0) is 21.2 Å². The van der Waals surface area contributed by atoms with Crippen molar-refractivity contribution in [1.82, 2.24) is 14.7 Å². The first-order valence-corrected chi connectivity index (χ1v) is 12.0. The molecule has 2 aliphatic rings. The number of amides is 1. The van der Waals surface area contributed by atoms with Crippen LogP contribution in [0.2, 0.25) is 5.15 Å². The van der Waals surface area contributed by atoms with Gasteiger partial charge in [-0.15, -0.1) is 0 Å². The number of hydrogen-bond donors (Lipinski definition) is 0. The lowest BCUT2D eigenvalue weighted by molar-refractivity contribution is -0.128. The van der Waals surface area contributed by atoms with Crippen molar-refractivity contribution in [2.24, 2.45) is 0 Å². The molecule has 1 aliphatic carbocycles. The van der Waals surface area contributed by atoms with Gasteiger partial charge in [-0.05, 0) is 37.8 Å². The van der Waals surface area contributed by atoms with Crippen LogP contribution in [0.4, 0.5) is 0 Å². The summed E-state index contributed by atoms with van der Waals surface area (Å²) in [5, 5.41) is 4.98. The fourth-order valence-electron chi connectivity index (χ4n) is 3.86. The molecule has 1 unspecified atom stereocenters. The van der Waals surface area contributed by atoms with E-state index in [0.29, 0.717) is 23.7 Å². The average molecular weight is 434 g/mol. The first kappa shape index (κ1) is 20.2. The van der Waals surface area contributed by atoms with Crippen molar-refractivity contribution in [3.8, 4) is 0 Å². The zero-order valence-electron chi connectivity index (χ0n) is 16.3. The highest BCUT2D eigenvalue weighted by atomic mass is 35.5. The Labute approximate surface area is 176 Å². The number of rotatable bonds is 6. The Hall–Kier alpha value is -2.12. The van der Waals surface area contributed by atoms with Crippen molar-refractivity contribution in [2.45, 2.75) is 44.8 Å². The van der Waals surface area contributed by atoms with Crippen molar-refractivity contribution in [3.05, 3.63) is 58.4 Å². The number of aryl methyl sites for hydroxylation is 1. The third kappa shape index (κ3) is 4.56. The molecule has 1 aromatic heterocycles. The summed E-state index contributed by atoms with van der Waals surface area (Å²) in [6.07, 6.45) is 5.60. The zero-order valence-corrected chi connectivity index (χ0v) is 17.9. The molecule has 1 aromatic carbocycles. The summed E-state index contributed by atoms with van der Waals surface area (Å²) < 4.78 is 25.4. The molecule has 0 N–H and O–H groups in total. The Kier molecular flexibility index (Phi) is 5.53. The van der Waals surface area contributed by atoms with Gasteiger partial charge in [-0.25, -0.2) is 13.1 Å². The molecular formula is C21H24ClN3O3S. The van der Waals surface area contributed by atoms with Crippen LogP contribution < -0.4 is 0 Å². The minimum absolute atomic E-state index is 0.0673. The minimum atomic E-state index is -3.04. The number of benzene rings is 1. The van der Waals surface area contributed by atoms with Gasteiger partial charge in [0.15, 0.2) is 9.84 Å². The summed E-state index contributed by atoms with van der Waals surface area (Å²) in [4.78, 5) is 14.7. The molecule has 1 amide bonds. The number of halogens is 1. The average Bonchev–Trinajstić information content (AvgIpc) is 3.39. The molecule has 1 saturated carbocycles. The molecule has 0 radical (unpaired) electrons. The normalized spacial score (nSPS) is 21.0. The van der Waals surface area contributed by atoms with Crippen LogP contribution in [0.5, 0.6) is 0 Å². The van der Waals surface area contributed by atoms with Gasteiger partial charge < -0.3 is 4.90 Å². The third-order valence-corrected chi connectivity index (χ3v) is 7.62. The Morgan fingerprint density at radius 2 is 1.97 bits per heavy atom. The Bertz CT molecular complexity index is 1040. The van der Waals surface area contributed by atoms with Gasteiger partial charge in [0, 0.05) is 23.7 Å². The van der Waals surface area contributed by atoms with E-state index in [-0.39, 0.29) is 29.5 Å². The lowest BCUT2D eigenvalue weighted by Crippen LogP contribution is -2.41. The maximum absolute atomic E-state index is 12.9. The predicted molar refractivity (Wildman–Crippen MR) is 113 cm³/mol. The molecule has 1 atom stereocenters. The standard InChI is InChI=1S/C21H24ClN3O3S/c1-15-19(21(22)24(23-15)13-16-5-3-2-4-6-16)9-10-20(26)25(17-7-8-17)18-11-12-29(27,28)14-18/h2-6,9-10,17-18H,7-8,11-14H2,1H3. The fraction of sp³-hybridized carbons (Fsp3) is 0.429. The molecule has 2 aromatic rings. The van der Waals surface area contributed by atoms with Gasteiger partial charge in [0.2, 0.25) is 5.91 Å². The number of aromatic nitrogens is 2. The van der Waals surface area contributed by atoms with Gasteiger partial charge in [-0.1, -0.05) is 41.9 Å². The Balaban J connectivity index is 1.51. The smallest absolute Gasteiger partial charge is 0.247 e. The number of carbonyl (C=O) groups is 1. The van der Waals surface area contributed by atoms with E-state index in [1.54, 1.807) is 15.7 Å². The van der Waals surface area contributed by atoms with Crippen LogP contribution in [0.15, 0.2) is 36.4 Å². The maximum atomic E-state index is 12.9. The van der Waals surface area contributed by atoms with Gasteiger partial charge >= 0.3 is 0 Å². The first-order chi connectivity index (χ1) is 13.8. The predicted octanol–water partition coefficient (Wildman–Crippen LogP) is 3.08. The largest absolute Gasteiger partial charge is 0.332 e.